The monoisotopic (exact) mass is 288 g/mol. The van der Waals surface area contributed by atoms with Crippen molar-refractivity contribution in [3.8, 4) is 0 Å². The topological polar surface area (TPSA) is 0 Å². The quantitative estimate of drug-likeness (QED) is 0.423. The molecule has 0 nitrogen and oxygen atoms in total. The molecule has 0 amide bonds. The molecule has 21 heavy (non-hydrogen) atoms. The van der Waals surface area contributed by atoms with Gasteiger partial charge in [0.25, 0.3) is 0 Å². The summed E-state index contributed by atoms with van der Waals surface area (Å²) in [4.78, 5) is 0. The standard InChI is InChI=1S/3C7H12/c3*1-6-3-4-7(2)5-6/h2*3,7H,4-5H2,1-2H3;3-4,6-7H,5H2,1-2H3. The molecule has 0 radical (unpaired) electrons. The van der Waals surface area contributed by atoms with Crippen LogP contribution >= 0.6 is 0 Å². The van der Waals surface area contributed by atoms with Crippen LogP contribution in [0.15, 0.2) is 35.5 Å². The van der Waals surface area contributed by atoms with Crippen molar-refractivity contribution in [2.75, 3.05) is 0 Å². The summed E-state index contributed by atoms with van der Waals surface area (Å²) < 4.78 is 0. The second-order valence-corrected chi connectivity index (χ2v) is 7.77. The van der Waals surface area contributed by atoms with E-state index in [9.17, 15) is 0 Å². The minimum Gasteiger partial charge on any atom is -0.0854 e. The zero-order valence-electron chi connectivity index (χ0n) is 15.2. The Labute approximate surface area is 133 Å². The van der Waals surface area contributed by atoms with E-state index in [1.54, 1.807) is 11.1 Å². The zero-order valence-corrected chi connectivity index (χ0v) is 15.2. The molecule has 0 aromatic carbocycles. The summed E-state index contributed by atoms with van der Waals surface area (Å²) in [6, 6.07) is 0. The van der Waals surface area contributed by atoms with E-state index in [1.807, 2.05) is 0 Å². The number of hydrogen-bond acceptors (Lipinski definition) is 0. The first-order chi connectivity index (χ1) is 9.86. The van der Waals surface area contributed by atoms with E-state index in [1.165, 1.54) is 32.1 Å². The van der Waals surface area contributed by atoms with E-state index in [2.05, 4.69) is 65.8 Å². The Bertz CT molecular complexity index is 347. The van der Waals surface area contributed by atoms with Gasteiger partial charge in [-0.15, -0.1) is 0 Å². The molecule has 0 aromatic rings. The Balaban J connectivity index is 0.000000157. The molecule has 4 unspecified atom stereocenters. The van der Waals surface area contributed by atoms with Crippen LogP contribution in [0.4, 0.5) is 0 Å². The summed E-state index contributed by atoms with van der Waals surface area (Å²) in [5, 5.41) is 0. The lowest BCUT2D eigenvalue weighted by atomic mass is 10.1. The number of rotatable bonds is 0. The van der Waals surface area contributed by atoms with Crippen molar-refractivity contribution in [2.45, 2.75) is 73.6 Å². The maximum atomic E-state index is 2.34. The fraction of sp³-hybridized carbons (Fsp3) is 0.714. The largest absolute Gasteiger partial charge is 0.0854 e. The second kappa shape index (κ2) is 9.28. The van der Waals surface area contributed by atoms with Crippen LogP contribution in [0.1, 0.15) is 73.6 Å². The zero-order chi connectivity index (χ0) is 15.8. The lowest BCUT2D eigenvalue weighted by Crippen LogP contribution is -1.86. The van der Waals surface area contributed by atoms with Gasteiger partial charge in [0.1, 0.15) is 0 Å². The summed E-state index contributed by atoms with van der Waals surface area (Å²) >= 11 is 0. The average Bonchev–Trinajstić information content (AvgIpc) is 3.06. The van der Waals surface area contributed by atoms with E-state index in [-0.39, 0.29) is 0 Å². The van der Waals surface area contributed by atoms with E-state index in [0.29, 0.717) is 0 Å². The summed E-state index contributed by atoms with van der Waals surface area (Å²) in [6.07, 6.45) is 15.9. The highest BCUT2D eigenvalue weighted by molar-refractivity contribution is 5.06. The van der Waals surface area contributed by atoms with Crippen LogP contribution in [0, 0.1) is 23.7 Å². The van der Waals surface area contributed by atoms with Crippen LogP contribution < -0.4 is 0 Å². The number of hydrogen-bond donors (Lipinski definition) is 0. The molecule has 0 bridgehead atoms. The molecule has 0 heterocycles. The van der Waals surface area contributed by atoms with Crippen LogP contribution in [-0.2, 0) is 0 Å². The lowest BCUT2D eigenvalue weighted by Gasteiger charge is -1.97. The summed E-state index contributed by atoms with van der Waals surface area (Å²) in [5.41, 5.74) is 3.15. The molecule has 0 aliphatic heterocycles. The molecule has 0 N–H and O–H groups in total. The molecular weight excluding hydrogens is 252 g/mol. The van der Waals surface area contributed by atoms with Crippen LogP contribution in [-0.4, -0.2) is 0 Å². The van der Waals surface area contributed by atoms with Crippen LogP contribution in [0.25, 0.3) is 0 Å². The molecule has 0 heteroatoms. The van der Waals surface area contributed by atoms with Crippen molar-refractivity contribution in [2.24, 2.45) is 23.7 Å². The minimum atomic E-state index is 0.843. The highest BCUT2D eigenvalue weighted by Crippen LogP contribution is 2.23. The molecule has 0 spiro atoms. The maximum Gasteiger partial charge on any atom is -0.0256 e. The smallest absolute Gasteiger partial charge is 0.0256 e. The summed E-state index contributed by atoms with van der Waals surface area (Å²) in [7, 11) is 0. The maximum absolute atomic E-state index is 2.34. The molecule has 3 rings (SSSR count). The van der Waals surface area contributed by atoms with Crippen molar-refractivity contribution in [1.29, 1.82) is 0 Å². The third-order valence-electron chi connectivity index (χ3n) is 4.59. The van der Waals surface area contributed by atoms with E-state index in [4.69, 9.17) is 0 Å². The molecule has 120 valence electrons. The Hall–Kier alpha value is -0.780. The van der Waals surface area contributed by atoms with E-state index >= 15 is 0 Å². The average molecular weight is 289 g/mol. The van der Waals surface area contributed by atoms with Crippen LogP contribution in [0.3, 0.4) is 0 Å². The Morgan fingerprint density at radius 2 is 1.10 bits per heavy atom. The lowest BCUT2D eigenvalue weighted by molar-refractivity contribution is 0.591. The number of allylic oxidation sites excluding steroid dienone is 6. The van der Waals surface area contributed by atoms with Gasteiger partial charge < -0.3 is 0 Å². The van der Waals surface area contributed by atoms with Gasteiger partial charge in [0, 0.05) is 0 Å². The minimum absolute atomic E-state index is 0.843. The first-order valence-electron chi connectivity index (χ1n) is 8.86. The Morgan fingerprint density at radius 1 is 0.714 bits per heavy atom. The highest BCUT2D eigenvalue weighted by atomic mass is 14.1. The molecule has 0 saturated heterocycles. The van der Waals surface area contributed by atoms with E-state index < -0.39 is 0 Å². The van der Waals surface area contributed by atoms with Gasteiger partial charge in [-0.05, 0) is 69.6 Å². The van der Waals surface area contributed by atoms with Gasteiger partial charge in [-0.25, -0.2) is 0 Å². The fourth-order valence-electron chi connectivity index (χ4n) is 3.36. The summed E-state index contributed by atoms with van der Waals surface area (Å²) in [5.74, 6) is 3.55. The molecule has 0 aromatic heterocycles. The predicted molar refractivity (Wildman–Crippen MR) is 96.4 cm³/mol. The van der Waals surface area contributed by atoms with Gasteiger partial charge >= 0.3 is 0 Å². The molecule has 0 fully saturated rings. The third kappa shape index (κ3) is 8.29. The van der Waals surface area contributed by atoms with Gasteiger partial charge in [0.05, 0.1) is 0 Å². The van der Waals surface area contributed by atoms with Gasteiger partial charge in [-0.3, -0.25) is 0 Å². The molecule has 3 aliphatic rings. The Morgan fingerprint density at radius 3 is 1.19 bits per heavy atom. The van der Waals surface area contributed by atoms with Gasteiger partial charge in [-0.1, -0.05) is 63.1 Å². The second-order valence-electron chi connectivity index (χ2n) is 7.77. The predicted octanol–water partition coefficient (Wildman–Crippen LogP) is 6.94. The van der Waals surface area contributed by atoms with Crippen LogP contribution in [0.5, 0.6) is 0 Å². The van der Waals surface area contributed by atoms with Crippen molar-refractivity contribution >= 4 is 0 Å². The Kier molecular flexibility index (Phi) is 8.07. The SMILES string of the molecule is CC1=CCC(C)C1.CC1=CCC(C)C1.CC1C=CC(C)C1. The molecular formula is C21H36. The highest BCUT2D eigenvalue weighted by Gasteiger charge is 2.08. The molecule has 4 atom stereocenters. The normalized spacial score (nSPS) is 33.6. The first kappa shape index (κ1) is 18.3. The summed E-state index contributed by atoms with van der Waals surface area (Å²) in [6.45, 7) is 13.5. The van der Waals surface area contributed by atoms with Gasteiger partial charge in [0.15, 0.2) is 0 Å². The molecule has 0 saturated carbocycles. The van der Waals surface area contributed by atoms with Crippen LogP contribution in [0.2, 0.25) is 0 Å². The van der Waals surface area contributed by atoms with Crippen molar-refractivity contribution in [3.63, 3.8) is 0 Å². The third-order valence-corrected chi connectivity index (χ3v) is 4.59. The van der Waals surface area contributed by atoms with E-state index in [0.717, 1.165) is 23.7 Å². The van der Waals surface area contributed by atoms with Crippen molar-refractivity contribution in [1.82, 2.24) is 0 Å². The van der Waals surface area contributed by atoms with Crippen molar-refractivity contribution < 1.29 is 0 Å². The van der Waals surface area contributed by atoms with Crippen molar-refractivity contribution in [3.05, 3.63) is 35.5 Å². The van der Waals surface area contributed by atoms with Gasteiger partial charge in [0.2, 0.25) is 0 Å². The van der Waals surface area contributed by atoms with Gasteiger partial charge in [-0.2, -0.15) is 0 Å². The molecule has 3 aliphatic carbocycles. The first-order valence-corrected chi connectivity index (χ1v) is 8.86. The fourth-order valence-corrected chi connectivity index (χ4v) is 3.36.